The number of nitrogens with zero attached hydrogens (tertiary/aromatic N) is 2. The van der Waals surface area contributed by atoms with Crippen LogP contribution in [0.4, 0.5) is 15.8 Å². The average Bonchev–Trinajstić information content (AvgIpc) is 2.77. The Hall–Kier alpha value is -3.13. The van der Waals surface area contributed by atoms with Crippen molar-refractivity contribution < 1.29 is 18.7 Å². The van der Waals surface area contributed by atoms with Crippen LogP contribution in [0, 0.1) is 12.7 Å². The van der Waals surface area contributed by atoms with E-state index in [1.807, 2.05) is 19.1 Å². The fraction of sp³-hybridized carbons (Fsp3) is 0.391. The average molecular weight is 429 g/mol. The quantitative estimate of drug-likeness (QED) is 0.523. The van der Waals surface area contributed by atoms with Gasteiger partial charge < -0.3 is 20.3 Å². The van der Waals surface area contributed by atoms with Gasteiger partial charge in [0.05, 0.1) is 18.5 Å². The highest BCUT2D eigenvalue weighted by atomic mass is 19.1. The number of rotatable bonds is 7. The van der Waals surface area contributed by atoms with E-state index in [2.05, 4.69) is 20.4 Å². The highest BCUT2D eigenvalue weighted by Gasteiger charge is 2.19. The summed E-state index contributed by atoms with van der Waals surface area (Å²) in [5.74, 6) is -1.09. The second kappa shape index (κ2) is 10.8. The Kier molecular flexibility index (Phi) is 7.83. The molecule has 0 bridgehead atoms. The third-order valence-corrected chi connectivity index (χ3v) is 5.31. The van der Waals surface area contributed by atoms with E-state index in [4.69, 9.17) is 4.74 Å². The molecular formula is C23H29FN4O3. The molecule has 2 N–H and O–H groups in total. The maximum Gasteiger partial charge on any atom is 0.313 e. The number of halogens is 1. The molecule has 0 spiro atoms. The lowest BCUT2D eigenvalue weighted by atomic mass is 10.2. The topological polar surface area (TPSA) is 73.9 Å². The van der Waals surface area contributed by atoms with Gasteiger partial charge in [0.15, 0.2) is 0 Å². The second-order valence-electron chi connectivity index (χ2n) is 7.55. The molecule has 1 fully saturated rings. The normalized spacial score (nSPS) is 14.2. The lowest BCUT2D eigenvalue weighted by Gasteiger charge is -2.36. The zero-order valence-corrected chi connectivity index (χ0v) is 18.0. The number of aryl methyl sites for hydroxylation is 1. The predicted molar refractivity (Wildman–Crippen MR) is 119 cm³/mol. The van der Waals surface area contributed by atoms with Crippen molar-refractivity contribution in [3.8, 4) is 5.75 Å². The predicted octanol–water partition coefficient (Wildman–Crippen LogP) is 2.41. The van der Waals surface area contributed by atoms with Crippen LogP contribution >= 0.6 is 0 Å². The lowest BCUT2D eigenvalue weighted by molar-refractivity contribution is -0.136. The molecule has 2 aromatic rings. The molecule has 1 aliphatic rings. The molecule has 2 amide bonds. The highest BCUT2D eigenvalue weighted by Crippen LogP contribution is 2.25. The summed E-state index contributed by atoms with van der Waals surface area (Å²) in [6, 6.07) is 12.2. The first-order chi connectivity index (χ1) is 15.0. The first-order valence-corrected chi connectivity index (χ1v) is 10.4. The molecule has 0 unspecified atom stereocenters. The Morgan fingerprint density at radius 2 is 1.81 bits per heavy atom. The number of para-hydroxylation sites is 1. The highest BCUT2D eigenvalue weighted by molar-refractivity contribution is 6.39. The third-order valence-electron chi connectivity index (χ3n) is 5.31. The van der Waals surface area contributed by atoms with Gasteiger partial charge in [0, 0.05) is 32.7 Å². The van der Waals surface area contributed by atoms with Crippen LogP contribution in [-0.4, -0.2) is 63.1 Å². The van der Waals surface area contributed by atoms with Crippen molar-refractivity contribution in [1.29, 1.82) is 0 Å². The summed E-state index contributed by atoms with van der Waals surface area (Å²) in [5.41, 5.74) is 2.06. The zero-order chi connectivity index (χ0) is 22.2. The van der Waals surface area contributed by atoms with Gasteiger partial charge in [0.2, 0.25) is 0 Å². The minimum Gasteiger partial charge on any atom is -0.495 e. The molecule has 3 rings (SSSR count). The molecule has 8 heteroatoms. The number of benzene rings is 2. The fourth-order valence-corrected chi connectivity index (χ4v) is 3.60. The van der Waals surface area contributed by atoms with Crippen LogP contribution in [-0.2, 0) is 9.59 Å². The summed E-state index contributed by atoms with van der Waals surface area (Å²) in [5, 5.41) is 5.25. The molecule has 1 heterocycles. The number of carbonyl (C=O) groups excluding carboxylic acids is 2. The molecule has 0 radical (unpaired) electrons. The Morgan fingerprint density at radius 1 is 1.06 bits per heavy atom. The molecule has 0 aliphatic carbocycles. The molecule has 1 aliphatic heterocycles. The Balaban J connectivity index is 1.36. The third kappa shape index (κ3) is 6.18. The van der Waals surface area contributed by atoms with Crippen LogP contribution in [0.3, 0.4) is 0 Å². The number of nitrogens with one attached hydrogen (secondary N) is 2. The van der Waals surface area contributed by atoms with E-state index in [0.717, 1.165) is 44.7 Å². The molecular weight excluding hydrogens is 399 g/mol. The van der Waals surface area contributed by atoms with Gasteiger partial charge in [-0.3, -0.25) is 14.5 Å². The van der Waals surface area contributed by atoms with Gasteiger partial charge in [0.1, 0.15) is 11.6 Å². The number of anilines is 2. The number of ether oxygens (including phenoxy) is 1. The summed E-state index contributed by atoms with van der Waals surface area (Å²) < 4.78 is 19.1. The van der Waals surface area contributed by atoms with E-state index in [0.29, 0.717) is 23.7 Å². The summed E-state index contributed by atoms with van der Waals surface area (Å²) in [7, 11) is 1.51. The standard InChI is InChI=1S/C23H29FN4O3/c1-17-8-9-21(31-2)19(16-17)26-23(30)22(29)25-10-5-11-27-12-14-28(15-13-27)20-7-4-3-6-18(20)24/h3-4,6-9,16H,5,10-15H2,1-2H3,(H,25,29)(H,26,30). The van der Waals surface area contributed by atoms with Gasteiger partial charge in [0.25, 0.3) is 0 Å². The number of amides is 2. The Labute approximate surface area is 182 Å². The summed E-state index contributed by atoms with van der Waals surface area (Å²) >= 11 is 0. The van der Waals surface area contributed by atoms with E-state index in [-0.39, 0.29) is 5.82 Å². The van der Waals surface area contributed by atoms with Gasteiger partial charge in [-0.05, 0) is 49.7 Å². The number of hydrogen-bond donors (Lipinski definition) is 2. The minimum absolute atomic E-state index is 0.194. The summed E-state index contributed by atoms with van der Waals surface area (Å²) in [4.78, 5) is 28.6. The van der Waals surface area contributed by atoms with Crippen molar-refractivity contribution >= 4 is 23.2 Å². The molecule has 31 heavy (non-hydrogen) atoms. The molecule has 1 saturated heterocycles. The number of piperazine rings is 1. The zero-order valence-electron chi connectivity index (χ0n) is 18.0. The van der Waals surface area contributed by atoms with Gasteiger partial charge in [-0.15, -0.1) is 0 Å². The lowest BCUT2D eigenvalue weighted by Crippen LogP contribution is -2.47. The van der Waals surface area contributed by atoms with Crippen molar-refractivity contribution in [2.45, 2.75) is 13.3 Å². The first kappa shape index (κ1) is 22.6. The van der Waals surface area contributed by atoms with Gasteiger partial charge in [-0.25, -0.2) is 4.39 Å². The van der Waals surface area contributed by atoms with E-state index in [1.54, 1.807) is 24.3 Å². The summed E-state index contributed by atoms with van der Waals surface area (Å²) in [6.45, 7) is 6.28. The smallest absolute Gasteiger partial charge is 0.313 e. The Morgan fingerprint density at radius 3 is 2.52 bits per heavy atom. The van der Waals surface area contributed by atoms with Crippen LogP contribution in [0.25, 0.3) is 0 Å². The molecule has 0 saturated carbocycles. The van der Waals surface area contributed by atoms with Gasteiger partial charge >= 0.3 is 11.8 Å². The van der Waals surface area contributed by atoms with Gasteiger partial charge in [-0.2, -0.15) is 0 Å². The maximum absolute atomic E-state index is 13.9. The van der Waals surface area contributed by atoms with E-state index in [9.17, 15) is 14.0 Å². The monoisotopic (exact) mass is 428 g/mol. The van der Waals surface area contributed by atoms with Crippen LogP contribution in [0.15, 0.2) is 42.5 Å². The van der Waals surface area contributed by atoms with Crippen molar-refractivity contribution in [2.24, 2.45) is 0 Å². The van der Waals surface area contributed by atoms with Gasteiger partial charge in [-0.1, -0.05) is 18.2 Å². The Bertz CT molecular complexity index is 913. The summed E-state index contributed by atoms with van der Waals surface area (Å²) in [6.07, 6.45) is 0.729. The molecule has 7 nitrogen and oxygen atoms in total. The molecule has 166 valence electrons. The SMILES string of the molecule is COc1ccc(C)cc1NC(=O)C(=O)NCCCN1CCN(c2ccccc2F)CC1. The van der Waals surface area contributed by atoms with Crippen molar-refractivity contribution in [1.82, 2.24) is 10.2 Å². The number of methoxy groups -OCH3 is 1. The van der Waals surface area contributed by atoms with E-state index >= 15 is 0 Å². The largest absolute Gasteiger partial charge is 0.495 e. The minimum atomic E-state index is -0.720. The van der Waals surface area contributed by atoms with E-state index < -0.39 is 11.8 Å². The van der Waals surface area contributed by atoms with Crippen molar-refractivity contribution in [2.75, 3.05) is 56.6 Å². The molecule has 0 atom stereocenters. The number of hydrogen-bond acceptors (Lipinski definition) is 5. The number of carbonyl (C=O) groups is 2. The second-order valence-corrected chi connectivity index (χ2v) is 7.55. The van der Waals surface area contributed by atoms with Crippen LogP contribution in [0.1, 0.15) is 12.0 Å². The van der Waals surface area contributed by atoms with E-state index in [1.165, 1.54) is 13.2 Å². The van der Waals surface area contributed by atoms with Crippen LogP contribution < -0.4 is 20.3 Å². The van der Waals surface area contributed by atoms with Crippen molar-refractivity contribution in [3.05, 3.63) is 53.8 Å². The van der Waals surface area contributed by atoms with Crippen LogP contribution in [0.2, 0.25) is 0 Å². The maximum atomic E-state index is 13.9. The van der Waals surface area contributed by atoms with Crippen LogP contribution in [0.5, 0.6) is 5.75 Å². The molecule has 2 aromatic carbocycles. The van der Waals surface area contributed by atoms with Crippen molar-refractivity contribution in [3.63, 3.8) is 0 Å². The fourth-order valence-electron chi connectivity index (χ4n) is 3.60. The molecule has 0 aromatic heterocycles. The first-order valence-electron chi connectivity index (χ1n) is 10.4.